The SMILES string of the molecule is C[C@@H]1CN(Cc2ccccc2)CCC1COc1cccc(NC(=O)I)n1. The maximum atomic E-state index is 11.1. The van der Waals surface area contributed by atoms with Crippen LogP contribution in [0.15, 0.2) is 48.5 Å². The molecule has 1 aromatic heterocycles. The Bertz CT molecular complexity index is 726. The van der Waals surface area contributed by atoms with Crippen molar-refractivity contribution in [1.29, 1.82) is 0 Å². The van der Waals surface area contributed by atoms with E-state index in [0.717, 1.165) is 26.1 Å². The zero-order valence-electron chi connectivity index (χ0n) is 14.9. The third-order valence-electron chi connectivity index (χ3n) is 4.81. The molecule has 1 saturated heterocycles. The number of nitrogens with zero attached hydrogens (tertiary/aromatic N) is 2. The Hall–Kier alpha value is -1.67. The number of carbonyl (C=O) groups is 1. The van der Waals surface area contributed by atoms with Gasteiger partial charge in [-0.15, -0.1) is 0 Å². The summed E-state index contributed by atoms with van der Waals surface area (Å²) in [6, 6.07) is 16.1. The number of benzene rings is 1. The number of halogens is 1. The van der Waals surface area contributed by atoms with Gasteiger partial charge < -0.3 is 10.1 Å². The molecule has 1 aliphatic rings. The summed E-state index contributed by atoms with van der Waals surface area (Å²) in [4.78, 5) is 18.0. The number of amides is 1. The molecule has 1 N–H and O–H groups in total. The molecule has 2 heterocycles. The molecule has 1 fully saturated rings. The van der Waals surface area contributed by atoms with Crippen LogP contribution in [0.4, 0.5) is 10.6 Å². The predicted molar refractivity (Wildman–Crippen MR) is 112 cm³/mol. The lowest BCUT2D eigenvalue weighted by Gasteiger charge is -2.36. The quantitative estimate of drug-likeness (QED) is 0.386. The molecule has 2 aromatic rings. The third kappa shape index (κ3) is 5.67. The van der Waals surface area contributed by atoms with E-state index in [0.29, 0.717) is 30.1 Å². The second-order valence-electron chi connectivity index (χ2n) is 6.82. The second kappa shape index (κ2) is 9.32. The maximum Gasteiger partial charge on any atom is 0.286 e. The van der Waals surface area contributed by atoms with Gasteiger partial charge in [0.15, 0.2) is 0 Å². The van der Waals surface area contributed by atoms with Crippen LogP contribution >= 0.6 is 22.6 Å². The molecule has 26 heavy (non-hydrogen) atoms. The smallest absolute Gasteiger partial charge is 0.286 e. The first-order valence-electron chi connectivity index (χ1n) is 8.93. The number of likely N-dealkylation sites (tertiary alicyclic amines) is 1. The Labute approximate surface area is 168 Å². The average molecular weight is 465 g/mol. The van der Waals surface area contributed by atoms with Crippen molar-refractivity contribution in [3.63, 3.8) is 0 Å². The molecule has 0 aliphatic carbocycles. The topological polar surface area (TPSA) is 54.5 Å². The molecule has 0 radical (unpaired) electrons. The van der Waals surface area contributed by atoms with Crippen molar-refractivity contribution in [1.82, 2.24) is 9.88 Å². The van der Waals surface area contributed by atoms with E-state index in [1.807, 2.05) is 12.1 Å². The minimum absolute atomic E-state index is 0.160. The standard InChI is InChI=1S/C20H24IN3O2/c1-15-12-24(13-16-6-3-2-4-7-16)11-10-17(15)14-26-19-9-5-8-18(22-19)23-20(21)25/h2-9,15,17H,10-14H2,1H3,(H,22,23,25)/t15-,17?/m1/s1. The van der Waals surface area contributed by atoms with Crippen LogP contribution in [-0.2, 0) is 6.54 Å². The van der Waals surface area contributed by atoms with E-state index in [9.17, 15) is 4.79 Å². The van der Waals surface area contributed by atoms with Crippen LogP contribution in [0.3, 0.4) is 0 Å². The molecule has 1 aromatic carbocycles. The van der Waals surface area contributed by atoms with E-state index in [-0.39, 0.29) is 3.91 Å². The molecule has 0 bridgehead atoms. The number of carbonyl (C=O) groups excluding carboxylic acids is 1. The second-order valence-corrected chi connectivity index (χ2v) is 7.80. The van der Waals surface area contributed by atoms with Gasteiger partial charge in [-0.2, -0.15) is 4.98 Å². The highest BCUT2D eigenvalue weighted by atomic mass is 127. The lowest BCUT2D eigenvalue weighted by Crippen LogP contribution is -2.40. The average Bonchev–Trinajstić information content (AvgIpc) is 2.62. The number of piperidine rings is 1. The first-order chi connectivity index (χ1) is 12.6. The number of pyridine rings is 1. The van der Waals surface area contributed by atoms with Crippen LogP contribution in [0.25, 0.3) is 0 Å². The number of aromatic nitrogens is 1. The van der Waals surface area contributed by atoms with Gasteiger partial charge in [0, 0.05) is 41.7 Å². The number of rotatable bonds is 6. The molecular formula is C20H24IN3O2. The van der Waals surface area contributed by atoms with Gasteiger partial charge in [0.2, 0.25) is 5.88 Å². The van der Waals surface area contributed by atoms with E-state index >= 15 is 0 Å². The highest BCUT2D eigenvalue weighted by Gasteiger charge is 2.26. The molecule has 3 rings (SSSR count). The van der Waals surface area contributed by atoms with Crippen LogP contribution in [0.2, 0.25) is 0 Å². The van der Waals surface area contributed by atoms with Gasteiger partial charge >= 0.3 is 0 Å². The van der Waals surface area contributed by atoms with E-state index in [2.05, 4.69) is 52.5 Å². The summed E-state index contributed by atoms with van der Waals surface area (Å²) in [6.07, 6.45) is 1.12. The summed E-state index contributed by atoms with van der Waals surface area (Å²) < 4.78 is 5.75. The van der Waals surface area contributed by atoms with Crippen molar-refractivity contribution in [2.24, 2.45) is 11.8 Å². The molecule has 0 saturated carbocycles. The molecular weight excluding hydrogens is 441 g/mol. The minimum atomic E-state index is -0.160. The summed E-state index contributed by atoms with van der Waals surface area (Å²) >= 11 is 1.69. The molecule has 1 unspecified atom stereocenters. The van der Waals surface area contributed by atoms with Crippen molar-refractivity contribution in [3.8, 4) is 5.88 Å². The van der Waals surface area contributed by atoms with Gasteiger partial charge in [0.25, 0.3) is 3.91 Å². The molecule has 1 amide bonds. The van der Waals surface area contributed by atoms with Crippen LogP contribution in [0.5, 0.6) is 5.88 Å². The summed E-state index contributed by atoms with van der Waals surface area (Å²) in [5, 5.41) is 2.67. The number of hydrogen-bond donors (Lipinski definition) is 1. The van der Waals surface area contributed by atoms with Crippen LogP contribution in [-0.4, -0.2) is 33.5 Å². The van der Waals surface area contributed by atoms with Crippen molar-refractivity contribution in [3.05, 3.63) is 54.1 Å². The zero-order chi connectivity index (χ0) is 18.4. The molecule has 138 valence electrons. The summed E-state index contributed by atoms with van der Waals surface area (Å²) in [7, 11) is 0. The highest BCUT2D eigenvalue weighted by Crippen LogP contribution is 2.25. The lowest BCUT2D eigenvalue weighted by atomic mass is 9.87. The third-order valence-corrected chi connectivity index (χ3v) is 5.08. The Morgan fingerprint density at radius 2 is 2.08 bits per heavy atom. The first-order valence-corrected chi connectivity index (χ1v) is 10.0. The normalized spacial score (nSPS) is 20.5. The van der Waals surface area contributed by atoms with Crippen LogP contribution in [0, 0.1) is 11.8 Å². The van der Waals surface area contributed by atoms with Crippen molar-refractivity contribution in [2.75, 3.05) is 25.0 Å². The Balaban J connectivity index is 1.48. The maximum absolute atomic E-state index is 11.1. The fourth-order valence-electron chi connectivity index (χ4n) is 3.37. The number of nitrogens with one attached hydrogen (secondary N) is 1. The predicted octanol–water partition coefficient (Wildman–Crippen LogP) is 4.59. The first kappa shape index (κ1) is 19.1. The monoisotopic (exact) mass is 465 g/mol. The highest BCUT2D eigenvalue weighted by molar-refractivity contribution is 14.1. The summed E-state index contributed by atoms with van der Waals surface area (Å²) in [6.45, 7) is 6.14. The number of anilines is 1. The van der Waals surface area contributed by atoms with E-state index in [1.54, 1.807) is 28.7 Å². The van der Waals surface area contributed by atoms with Crippen molar-refractivity contribution in [2.45, 2.75) is 19.9 Å². The lowest BCUT2D eigenvalue weighted by molar-refractivity contribution is 0.0867. The number of ether oxygens (including phenoxy) is 1. The molecule has 0 spiro atoms. The van der Waals surface area contributed by atoms with E-state index in [1.165, 1.54) is 5.56 Å². The fourth-order valence-corrected chi connectivity index (χ4v) is 3.65. The van der Waals surface area contributed by atoms with Gasteiger partial charge in [-0.3, -0.25) is 9.69 Å². The van der Waals surface area contributed by atoms with Crippen molar-refractivity contribution < 1.29 is 9.53 Å². The zero-order valence-corrected chi connectivity index (χ0v) is 17.1. The van der Waals surface area contributed by atoms with Gasteiger partial charge in [-0.05, 0) is 36.4 Å². The van der Waals surface area contributed by atoms with E-state index < -0.39 is 0 Å². The summed E-state index contributed by atoms with van der Waals surface area (Å²) in [5.41, 5.74) is 1.37. The van der Waals surface area contributed by atoms with Gasteiger partial charge in [-0.1, -0.05) is 43.3 Å². The Morgan fingerprint density at radius 3 is 2.81 bits per heavy atom. The molecule has 6 heteroatoms. The van der Waals surface area contributed by atoms with Crippen molar-refractivity contribution >= 4 is 32.3 Å². The minimum Gasteiger partial charge on any atom is -0.477 e. The Kier molecular flexibility index (Phi) is 6.85. The largest absolute Gasteiger partial charge is 0.477 e. The fraction of sp³-hybridized carbons (Fsp3) is 0.400. The van der Waals surface area contributed by atoms with E-state index in [4.69, 9.17) is 4.74 Å². The Morgan fingerprint density at radius 1 is 1.27 bits per heavy atom. The van der Waals surface area contributed by atoms with Gasteiger partial charge in [0.05, 0.1) is 6.61 Å². The molecule has 5 nitrogen and oxygen atoms in total. The molecule has 2 atom stereocenters. The van der Waals surface area contributed by atoms with Crippen LogP contribution < -0.4 is 10.1 Å². The van der Waals surface area contributed by atoms with Crippen LogP contribution in [0.1, 0.15) is 18.9 Å². The summed E-state index contributed by atoms with van der Waals surface area (Å²) in [5.74, 6) is 2.18. The van der Waals surface area contributed by atoms with Gasteiger partial charge in [-0.25, -0.2) is 0 Å². The molecule has 1 aliphatic heterocycles. The number of hydrogen-bond acceptors (Lipinski definition) is 4. The van der Waals surface area contributed by atoms with Gasteiger partial charge in [0.1, 0.15) is 5.82 Å².